The third-order valence-corrected chi connectivity index (χ3v) is 5.53. The number of rotatable bonds is 3. The number of hydrogen-bond donors (Lipinski definition) is 1. The van der Waals surface area contributed by atoms with E-state index in [1.54, 1.807) is 0 Å². The van der Waals surface area contributed by atoms with Gasteiger partial charge in [0, 0.05) is 48.6 Å². The average Bonchev–Trinajstić information content (AvgIpc) is 2.50. The van der Waals surface area contributed by atoms with Gasteiger partial charge in [-0.2, -0.15) is 0 Å². The van der Waals surface area contributed by atoms with Crippen LogP contribution in [0.2, 0.25) is 0 Å². The van der Waals surface area contributed by atoms with Gasteiger partial charge in [-0.25, -0.2) is 0 Å². The van der Waals surface area contributed by atoms with Crippen LogP contribution in [0.25, 0.3) is 0 Å². The number of halogens is 1. The van der Waals surface area contributed by atoms with E-state index in [2.05, 4.69) is 44.1 Å². The summed E-state index contributed by atoms with van der Waals surface area (Å²) in [7, 11) is 0. The fourth-order valence-electron chi connectivity index (χ4n) is 3.80. The lowest BCUT2D eigenvalue weighted by Gasteiger charge is -2.42. The van der Waals surface area contributed by atoms with E-state index in [1.807, 2.05) is 12.4 Å². The molecule has 0 radical (unpaired) electrons. The molecule has 0 spiro atoms. The fraction of sp³-hybridized carbons (Fsp3) is 0.706. The summed E-state index contributed by atoms with van der Waals surface area (Å²) in [4.78, 5) is 6.92. The second kappa shape index (κ2) is 7.21. The Balaban J connectivity index is 1.63. The summed E-state index contributed by atoms with van der Waals surface area (Å²) >= 11 is 3.52. The average molecular weight is 352 g/mol. The maximum Gasteiger partial charge on any atom is 0.0410 e. The topological polar surface area (TPSA) is 28.2 Å². The molecule has 4 heteroatoms. The van der Waals surface area contributed by atoms with E-state index in [0.717, 1.165) is 23.5 Å². The largest absolute Gasteiger partial charge is 0.311 e. The third-order valence-electron chi connectivity index (χ3n) is 5.10. The minimum absolute atomic E-state index is 0.601. The Kier molecular flexibility index (Phi) is 5.30. The molecule has 1 N–H and O–H groups in total. The molecular weight excluding hydrogens is 326 g/mol. The second-order valence-electron chi connectivity index (χ2n) is 6.70. The summed E-state index contributed by atoms with van der Waals surface area (Å²) in [6, 6.07) is 3.47. The maximum absolute atomic E-state index is 4.29. The van der Waals surface area contributed by atoms with Crippen molar-refractivity contribution in [2.24, 2.45) is 5.92 Å². The van der Waals surface area contributed by atoms with Gasteiger partial charge >= 0.3 is 0 Å². The molecule has 0 amide bonds. The molecule has 1 aromatic heterocycles. The van der Waals surface area contributed by atoms with Gasteiger partial charge in [-0.1, -0.05) is 19.3 Å². The minimum Gasteiger partial charge on any atom is -0.311 e. The fourth-order valence-corrected chi connectivity index (χ4v) is 4.21. The van der Waals surface area contributed by atoms with E-state index in [1.165, 1.54) is 44.2 Å². The lowest BCUT2D eigenvalue weighted by atomic mass is 9.82. The molecule has 3 nitrogen and oxygen atoms in total. The van der Waals surface area contributed by atoms with Gasteiger partial charge in [0.2, 0.25) is 0 Å². The van der Waals surface area contributed by atoms with Crippen molar-refractivity contribution >= 4 is 15.9 Å². The molecule has 2 unspecified atom stereocenters. The van der Waals surface area contributed by atoms with E-state index < -0.39 is 0 Å². The highest BCUT2D eigenvalue weighted by Gasteiger charge is 2.30. The van der Waals surface area contributed by atoms with E-state index in [-0.39, 0.29) is 0 Å². The van der Waals surface area contributed by atoms with Crippen LogP contribution in [0.15, 0.2) is 22.9 Å². The van der Waals surface area contributed by atoms with Crippen LogP contribution in [0.4, 0.5) is 0 Å². The first-order chi connectivity index (χ1) is 10.2. The zero-order chi connectivity index (χ0) is 14.7. The SMILES string of the molecule is CC1CNC(C2CCCCC2)CN1Cc1cncc(Br)c1. The maximum atomic E-state index is 4.29. The number of piperazine rings is 1. The van der Waals surface area contributed by atoms with E-state index >= 15 is 0 Å². The molecular formula is C17H26BrN3. The summed E-state index contributed by atoms with van der Waals surface area (Å²) in [5.41, 5.74) is 1.31. The van der Waals surface area contributed by atoms with Crippen molar-refractivity contribution in [3.8, 4) is 0 Å². The molecule has 0 aromatic carbocycles. The summed E-state index contributed by atoms with van der Waals surface area (Å²) in [6.07, 6.45) is 11.0. The lowest BCUT2D eigenvalue weighted by Crippen LogP contribution is -2.57. The summed E-state index contributed by atoms with van der Waals surface area (Å²) in [5.74, 6) is 0.884. The third kappa shape index (κ3) is 4.05. The highest BCUT2D eigenvalue weighted by molar-refractivity contribution is 9.10. The Hall–Kier alpha value is -0.450. The zero-order valence-electron chi connectivity index (χ0n) is 12.9. The van der Waals surface area contributed by atoms with Gasteiger partial charge in [-0.05, 0) is 53.2 Å². The smallest absolute Gasteiger partial charge is 0.0410 e. The first-order valence-electron chi connectivity index (χ1n) is 8.29. The molecule has 21 heavy (non-hydrogen) atoms. The first-order valence-corrected chi connectivity index (χ1v) is 9.08. The van der Waals surface area contributed by atoms with Crippen molar-refractivity contribution in [1.82, 2.24) is 15.2 Å². The molecule has 1 aliphatic heterocycles. The molecule has 1 saturated heterocycles. The van der Waals surface area contributed by atoms with Crippen molar-refractivity contribution in [3.63, 3.8) is 0 Å². The highest BCUT2D eigenvalue weighted by Crippen LogP contribution is 2.28. The predicted octanol–water partition coefficient (Wildman–Crippen LogP) is 3.59. The molecule has 2 fully saturated rings. The normalized spacial score (nSPS) is 28.7. The van der Waals surface area contributed by atoms with Crippen molar-refractivity contribution in [2.75, 3.05) is 13.1 Å². The van der Waals surface area contributed by atoms with Gasteiger partial charge in [0.15, 0.2) is 0 Å². The van der Waals surface area contributed by atoms with Gasteiger partial charge in [-0.3, -0.25) is 9.88 Å². The number of nitrogens with zero attached hydrogens (tertiary/aromatic N) is 2. The van der Waals surface area contributed by atoms with Crippen molar-refractivity contribution in [1.29, 1.82) is 0 Å². The monoisotopic (exact) mass is 351 g/mol. The van der Waals surface area contributed by atoms with Crippen LogP contribution in [0.5, 0.6) is 0 Å². The Labute approximate surface area is 136 Å². The predicted molar refractivity (Wildman–Crippen MR) is 90.2 cm³/mol. The summed E-state index contributed by atoms with van der Waals surface area (Å²) < 4.78 is 1.08. The quantitative estimate of drug-likeness (QED) is 0.901. The number of aromatic nitrogens is 1. The number of nitrogens with one attached hydrogen (secondary N) is 1. The molecule has 1 saturated carbocycles. The number of pyridine rings is 1. The van der Waals surface area contributed by atoms with Crippen LogP contribution in [0.3, 0.4) is 0 Å². The molecule has 1 aromatic rings. The molecule has 2 atom stereocenters. The lowest BCUT2D eigenvalue weighted by molar-refractivity contribution is 0.0980. The van der Waals surface area contributed by atoms with E-state index in [0.29, 0.717) is 12.1 Å². The summed E-state index contributed by atoms with van der Waals surface area (Å²) in [5, 5.41) is 3.80. The van der Waals surface area contributed by atoms with E-state index in [9.17, 15) is 0 Å². The molecule has 3 rings (SSSR count). The molecule has 0 bridgehead atoms. The van der Waals surface area contributed by atoms with Crippen molar-refractivity contribution in [3.05, 3.63) is 28.5 Å². The Bertz CT molecular complexity index is 459. The number of hydrogen-bond acceptors (Lipinski definition) is 3. The van der Waals surface area contributed by atoms with Gasteiger partial charge in [-0.15, -0.1) is 0 Å². The molecule has 1 aliphatic carbocycles. The van der Waals surface area contributed by atoms with Crippen LogP contribution in [0.1, 0.15) is 44.6 Å². The highest BCUT2D eigenvalue weighted by atomic mass is 79.9. The molecule has 2 heterocycles. The van der Waals surface area contributed by atoms with Gasteiger partial charge < -0.3 is 5.32 Å². The Morgan fingerprint density at radius 2 is 2.10 bits per heavy atom. The zero-order valence-corrected chi connectivity index (χ0v) is 14.5. The minimum atomic E-state index is 0.601. The first kappa shape index (κ1) is 15.4. The van der Waals surface area contributed by atoms with Crippen LogP contribution in [0, 0.1) is 5.92 Å². The Morgan fingerprint density at radius 1 is 1.29 bits per heavy atom. The van der Waals surface area contributed by atoms with Crippen molar-refractivity contribution in [2.45, 2.75) is 57.7 Å². The van der Waals surface area contributed by atoms with Crippen LogP contribution < -0.4 is 5.32 Å². The molecule has 116 valence electrons. The van der Waals surface area contributed by atoms with E-state index in [4.69, 9.17) is 0 Å². The van der Waals surface area contributed by atoms with Gasteiger partial charge in [0.1, 0.15) is 0 Å². The Morgan fingerprint density at radius 3 is 2.86 bits per heavy atom. The van der Waals surface area contributed by atoms with Crippen LogP contribution in [-0.2, 0) is 6.54 Å². The standard InChI is InChI=1S/C17H26BrN3/c1-13-8-20-17(15-5-3-2-4-6-15)12-21(13)11-14-7-16(18)10-19-9-14/h7,9-10,13,15,17,20H,2-6,8,11-12H2,1H3. The van der Waals surface area contributed by atoms with Gasteiger partial charge in [0.25, 0.3) is 0 Å². The summed E-state index contributed by atoms with van der Waals surface area (Å²) in [6.45, 7) is 5.63. The molecule has 2 aliphatic rings. The second-order valence-corrected chi connectivity index (χ2v) is 7.62. The van der Waals surface area contributed by atoms with Crippen LogP contribution >= 0.6 is 15.9 Å². The van der Waals surface area contributed by atoms with Crippen LogP contribution in [-0.4, -0.2) is 35.1 Å². The van der Waals surface area contributed by atoms with Gasteiger partial charge in [0.05, 0.1) is 0 Å². The van der Waals surface area contributed by atoms with Crippen molar-refractivity contribution < 1.29 is 0 Å².